The fourth-order valence-corrected chi connectivity index (χ4v) is 3.88. The van der Waals surface area contributed by atoms with Gasteiger partial charge in [0.1, 0.15) is 5.75 Å². The molecule has 1 aliphatic carbocycles. The monoisotopic (exact) mass is 358 g/mol. The Hall–Kier alpha value is -2.34. The molecule has 0 spiro atoms. The Morgan fingerprint density at radius 3 is 2.85 bits per heavy atom. The number of benzene rings is 1. The van der Waals surface area contributed by atoms with Gasteiger partial charge < -0.3 is 15.2 Å². The Balaban J connectivity index is 1.73. The molecule has 0 aromatic heterocycles. The van der Waals surface area contributed by atoms with Gasteiger partial charge in [-0.1, -0.05) is 24.3 Å². The number of methoxy groups -OCH3 is 1. The summed E-state index contributed by atoms with van der Waals surface area (Å²) in [6.45, 7) is 0.883. The normalized spacial score (nSPS) is 21.7. The molecule has 3 rings (SSSR count). The first-order chi connectivity index (χ1) is 12.5. The van der Waals surface area contributed by atoms with Crippen molar-refractivity contribution in [2.24, 2.45) is 5.41 Å². The zero-order chi connectivity index (χ0) is 18.6. The largest absolute Gasteiger partial charge is 0.497 e. The molecule has 1 aromatic carbocycles. The second-order valence-corrected chi connectivity index (χ2v) is 7.29. The van der Waals surface area contributed by atoms with E-state index in [-0.39, 0.29) is 18.5 Å². The standard InChI is InChI=1S/C20H26N2O4/c1-26-17-9-5-6-15(10-17)11-20(13-22(14-20)12-18(23)24)19(25)21-16-7-3-2-4-8-16/h3,5-7,9-10,16H,2,4,8,11-14H2,1H3,(H,21,25)(H,23,24). The summed E-state index contributed by atoms with van der Waals surface area (Å²) in [4.78, 5) is 25.8. The van der Waals surface area contributed by atoms with E-state index < -0.39 is 11.4 Å². The minimum atomic E-state index is -0.865. The number of carbonyl (C=O) groups is 2. The number of rotatable bonds is 7. The van der Waals surface area contributed by atoms with E-state index in [1.54, 1.807) is 12.0 Å². The molecule has 1 aliphatic heterocycles. The number of hydrogen-bond acceptors (Lipinski definition) is 4. The highest BCUT2D eigenvalue weighted by molar-refractivity contribution is 5.85. The van der Waals surface area contributed by atoms with Crippen molar-refractivity contribution in [2.75, 3.05) is 26.7 Å². The minimum absolute atomic E-state index is 0.0125. The molecular formula is C20H26N2O4. The lowest BCUT2D eigenvalue weighted by molar-refractivity contribution is -0.150. The summed E-state index contributed by atoms with van der Waals surface area (Å²) >= 11 is 0. The molecule has 26 heavy (non-hydrogen) atoms. The van der Waals surface area contributed by atoms with E-state index in [1.165, 1.54) is 0 Å². The fraction of sp³-hybridized carbons (Fsp3) is 0.500. The summed E-state index contributed by atoms with van der Waals surface area (Å²) in [5, 5.41) is 12.2. The summed E-state index contributed by atoms with van der Waals surface area (Å²) in [6, 6.07) is 7.79. The lowest BCUT2D eigenvalue weighted by atomic mass is 9.73. The minimum Gasteiger partial charge on any atom is -0.497 e. The van der Waals surface area contributed by atoms with Crippen molar-refractivity contribution in [3.8, 4) is 5.75 Å². The number of nitrogens with one attached hydrogen (secondary N) is 1. The highest BCUT2D eigenvalue weighted by Crippen LogP contribution is 2.35. The van der Waals surface area contributed by atoms with Crippen molar-refractivity contribution in [2.45, 2.75) is 31.7 Å². The van der Waals surface area contributed by atoms with Crippen LogP contribution in [-0.4, -0.2) is 54.7 Å². The van der Waals surface area contributed by atoms with Gasteiger partial charge in [-0.2, -0.15) is 0 Å². The van der Waals surface area contributed by atoms with Crippen LogP contribution in [0.25, 0.3) is 0 Å². The van der Waals surface area contributed by atoms with E-state index in [9.17, 15) is 9.59 Å². The zero-order valence-electron chi connectivity index (χ0n) is 15.1. The Labute approximate surface area is 153 Å². The number of carbonyl (C=O) groups excluding carboxylic acids is 1. The number of nitrogens with zero attached hydrogens (tertiary/aromatic N) is 1. The zero-order valence-corrected chi connectivity index (χ0v) is 15.1. The third-order valence-corrected chi connectivity index (χ3v) is 5.14. The van der Waals surface area contributed by atoms with E-state index in [4.69, 9.17) is 9.84 Å². The summed E-state index contributed by atoms with van der Waals surface area (Å²) in [5.74, 6) is -0.0934. The van der Waals surface area contributed by atoms with Gasteiger partial charge in [0.05, 0.1) is 19.1 Å². The van der Waals surface area contributed by atoms with E-state index in [0.717, 1.165) is 30.6 Å². The molecule has 1 atom stereocenters. The number of carboxylic acids is 1. The predicted octanol–water partition coefficient (Wildman–Crippen LogP) is 1.85. The number of amides is 1. The van der Waals surface area contributed by atoms with E-state index >= 15 is 0 Å². The molecule has 1 unspecified atom stereocenters. The van der Waals surface area contributed by atoms with Gasteiger partial charge in [0.15, 0.2) is 0 Å². The third kappa shape index (κ3) is 4.25. The summed E-state index contributed by atoms with van der Waals surface area (Å²) in [7, 11) is 1.62. The van der Waals surface area contributed by atoms with Gasteiger partial charge in [-0.25, -0.2) is 0 Å². The molecule has 1 amide bonds. The average Bonchev–Trinajstić information content (AvgIpc) is 2.60. The molecule has 1 fully saturated rings. The van der Waals surface area contributed by atoms with E-state index in [0.29, 0.717) is 19.5 Å². The number of carboxylic acid groups (broad SMARTS) is 1. The Kier molecular flexibility index (Phi) is 5.61. The lowest BCUT2D eigenvalue weighted by Gasteiger charge is -2.49. The highest BCUT2D eigenvalue weighted by atomic mass is 16.5. The van der Waals surface area contributed by atoms with Crippen LogP contribution >= 0.6 is 0 Å². The van der Waals surface area contributed by atoms with Crippen LogP contribution in [0.1, 0.15) is 24.8 Å². The molecule has 2 aliphatic rings. The van der Waals surface area contributed by atoms with Crippen molar-refractivity contribution in [3.63, 3.8) is 0 Å². The van der Waals surface area contributed by atoms with Gasteiger partial charge in [-0.15, -0.1) is 0 Å². The van der Waals surface area contributed by atoms with Crippen LogP contribution in [0.4, 0.5) is 0 Å². The summed E-state index contributed by atoms with van der Waals surface area (Å²) < 4.78 is 5.28. The smallest absolute Gasteiger partial charge is 0.317 e. The molecule has 140 valence electrons. The molecule has 1 saturated heterocycles. The van der Waals surface area contributed by atoms with Crippen molar-refractivity contribution < 1.29 is 19.4 Å². The van der Waals surface area contributed by atoms with E-state index in [2.05, 4.69) is 17.5 Å². The first-order valence-corrected chi connectivity index (χ1v) is 9.05. The molecule has 1 aromatic rings. The number of allylic oxidation sites excluding steroid dienone is 1. The van der Waals surface area contributed by atoms with Crippen molar-refractivity contribution in [3.05, 3.63) is 42.0 Å². The van der Waals surface area contributed by atoms with Gasteiger partial charge in [0, 0.05) is 19.1 Å². The van der Waals surface area contributed by atoms with Crippen LogP contribution < -0.4 is 10.1 Å². The lowest BCUT2D eigenvalue weighted by Crippen LogP contribution is -2.65. The second kappa shape index (κ2) is 7.91. The van der Waals surface area contributed by atoms with Crippen LogP contribution in [0.3, 0.4) is 0 Å². The second-order valence-electron chi connectivity index (χ2n) is 7.29. The van der Waals surface area contributed by atoms with Crippen molar-refractivity contribution >= 4 is 11.9 Å². The fourth-order valence-electron chi connectivity index (χ4n) is 3.88. The van der Waals surface area contributed by atoms with Gasteiger partial charge >= 0.3 is 5.97 Å². The Morgan fingerprint density at radius 1 is 1.38 bits per heavy atom. The van der Waals surface area contributed by atoms with Crippen molar-refractivity contribution in [1.29, 1.82) is 0 Å². The average molecular weight is 358 g/mol. The molecule has 0 radical (unpaired) electrons. The molecule has 6 heteroatoms. The maximum atomic E-state index is 13.1. The number of hydrogen-bond donors (Lipinski definition) is 2. The molecule has 6 nitrogen and oxygen atoms in total. The summed E-state index contributed by atoms with van der Waals surface area (Å²) in [5.41, 5.74) is 0.432. The third-order valence-electron chi connectivity index (χ3n) is 5.14. The molecule has 2 N–H and O–H groups in total. The van der Waals surface area contributed by atoms with Gasteiger partial charge in [0.2, 0.25) is 5.91 Å². The van der Waals surface area contributed by atoms with Crippen LogP contribution in [0.5, 0.6) is 5.75 Å². The molecule has 0 saturated carbocycles. The Bertz CT molecular complexity index is 695. The first-order valence-electron chi connectivity index (χ1n) is 9.05. The SMILES string of the molecule is COc1cccc(CC2(C(=O)NC3C=CCCC3)CN(CC(=O)O)C2)c1. The van der Waals surface area contributed by atoms with Crippen LogP contribution in [-0.2, 0) is 16.0 Å². The van der Waals surface area contributed by atoms with Crippen molar-refractivity contribution in [1.82, 2.24) is 10.2 Å². The van der Waals surface area contributed by atoms with Gasteiger partial charge in [-0.3, -0.25) is 14.5 Å². The van der Waals surface area contributed by atoms with E-state index in [1.807, 2.05) is 24.3 Å². The number of likely N-dealkylation sites (tertiary alicyclic amines) is 1. The number of aliphatic carboxylic acids is 1. The van der Waals surface area contributed by atoms with Gasteiger partial charge in [-0.05, 0) is 43.4 Å². The molecular weight excluding hydrogens is 332 g/mol. The molecule has 1 heterocycles. The first kappa shape index (κ1) is 18.5. The maximum absolute atomic E-state index is 13.1. The van der Waals surface area contributed by atoms with Crippen LogP contribution in [0, 0.1) is 5.41 Å². The maximum Gasteiger partial charge on any atom is 0.317 e. The molecule has 0 bridgehead atoms. The quantitative estimate of drug-likeness (QED) is 0.727. The number of ether oxygens (including phenoxy) is 1. The van der Waals surface area contributed by atoms with Gasteiger partial charge in [0.25, 0.3) is 0 Å². The summed E-state index contributed by atoms with van der Waals surface area (Å²) in [6.07, 6.45) is 7.84. The Morgan fingerprint density at radius 2 is 2.19 bits per heavy atom. The van der Waals surface area contributed by atoms with Crippen LogP contribution in [0.15, 0.2) is 36.4 Å². The van der Waals surface area contributed by atoms with Crippen LogP contribution in [0.2, 0.25) is 0 Å². The highest BCUT2D eigenvalue weighted by Gasteiger charge is 2.49. The predicted molar refractivity (Wildman–Crippen MR) is 98.1 cm³/mol. The topological polar surface area (TPSA) is 78.9 Å².